The van der Waals surface area contributed by atoms with Gasteiger partial charge >= 0.3 is 5.97 Å². The summed E-state index contributed by atoms with van der Waals surface area (Å²) in [6, 6.07) is 15.9. The molecule has 2 aromatic rings. The van der Waals surface area contributed by atoms with Crippen molar-refractivity contribution < 1.29 is 19.0 Å². The molecule has 130 valence electrons. The first-order valence-electron chi connectivity index (χ1n) is 8.28. The smallest absolute Gasteiger partial charge is 0.303 e. The van der Waals surface area contributed by atoms with Gasteiger partial charge in [0.1, 0.15) is 5.82 Å². The fraction of sp³-hybridized carbons (Fsp3) is 0.350. The summed E-state index contributed by atoms with van der Waals surface area (Å²) in [5.41, 5.74) is 1.91. The van der Waals surface area contributed by atoms with Crippen molar-refractivity contribution in [3.8, 4) is 0 Å². The average molecular weight is 332 g/mol. The van der Waals surface area contributed by atoms with E-state index in [9.17, 15) is 9.18 Å². The van der Waals surface area contributed by atoms with Gasteiger partial charge in [-0.15, -0.1) is 0 Å². The summed E-state index contributed by atoms with van der Waals surface area (Å²) in [6.45, 7) is 4.44. The summed E-state index contributed by atoms with van der Waals surface area (Å²) in [5.74, 6) is -1.11. The molecular weight excluding hydrogens is 307 g/mol. The molecule has 0 spiro atoms. The molecule has 0 saturated heterocycles. The van der Waals surface area contributed by atoms with Crippen molar-refractivity contribution >= 4 is 5.97 Å². The second kappa shape index (κ2) is 11.4. The number of carbonyl (C=O) groups is 1. The molecule has 0 aliphatic rings. The average Bonchev–Trinajstić information content (AvgIpc) is 2.61. The Labute approximate surface area is 143 Å². The molecule has 0 fully saturated rings. The number of halogens is 1. The molecule has 0 aromatic heterocycles. The van der Waals surface area contributed by atoms with E-state index in [1.165, 1.54) is 12.1 Å². The van der Waals surface area contributed by atoms with E-state index in [1.807, 2.05) is 44.2 Å². The Hall–Kier alpha value is -2.20. The van der Waals surface area contributed by atoms with Gasteiger partial charge in [0.2, 0.25) is 0 Å². The number of carboxylic acids is 1. The van der Waals surface area contributed by atoms with Crippen molar-refractivity contribution in [3.05, 3.63) is 71.5 Å². The fourth-order valence-electron chi connectivity index (χ4n) is 2.23. The zero-order valence-corrected chi connectivity index (χ0v) is 14.2. The van der Waals surface area contributed by atoms with Crippen molar-refractivity contribution in [2.75, 3.05) is 0 Å². The molecule has 0 saturated carbocycles. The third-order valence-electron chi connectivity index (χ3n) is 3.39. The first kappa shape index (κ1) is 19.8. The Balaban J connectivity index is 0.00000139. The van der Waals surface area contributed by atoms with Gasteiger partial charge in [0, 0.05) is 6.42 Å². The largest absolute Gasteiger partial charge is 0.481 e. The fourth-order valence-corrected chi connectivity index (χ4v) is 2.23. The minimum absolute atomic E-state index is 0.104. The zero-order chi connectivity index (χ0) is 17.8. The highest BCUT2D eigenvalue weighted by molar-refractivity contribution is 5.66. The summed E-state index contributed by atoms with van der Waals surface area (Å²) in [6.07, 6.45) is 0.976. The van der Waals surface area contributed by atoms with Gasteiger partial charge in [-0.05, 0) is 36.1 Å². The summed E-state index contributed by atoms with van der Waals surface area (Å²) < 4.78 is 19.0. The van der Waals surface area contributed by atoms with Gasteiger partial charge in [-0.2, -0.15) is 0 Å². The third kappa shape index (κ3) is 7.38. The number of hydrogen-bond donors (Lipinski definition) is 1. The summed E-state index contributed by atoms with van der Waals surface area (Å²) in [7, 11) is 0. The Morgan fingerprint density at radius 1 is 1.08 bits per heavy atom. The van der Waals surface area contributed by atoms with Crippen LogP contribution in [0.2, 0.25) is 0 Å². The molecule has 1 atom stereocenters. The minimum Gasteiger partial charge on any atom is -0.481 e. The molecule has 0 aliphatic heterocycles. The van der Waals surface area contributed by atoms with Gasteiger partial charge in [-0.1, -0.05) is 56.3 Å². The topological polar surface area (TPSA) is 46.5 Å². The van der Waals surface area contributed by atoms with E-state index in [0.29, 0.717) is 19.4 Å². The van der Waals surface area contributed by atoms with Crippen LogP contribution in [0.3, 0.4) is 0 Å². The molecule has 24 heavy (non-hydrogen) atoms. The Kier molecular flexibility index (Phi) is 9.39. The van der Waals surface area contributed by atoms with Gasteiger partial charge in [0.15, 0.2) is 0 Å². The highest BCUT2D eigenvalue weighted by Crippen LogP contribution is 2.25. The highest BCUT2D eigenvalue weighted by atomic mass is 19.1. The minimum atomic E-state index is -0.819. The molecule has 2 aromatic carbocycles. The van der Waals surface area contributed by atoms with Crippen LogP contribution in [0.1, 0.15) is 50.3 Å². The summed E-state index contributed by atoms with van der Waals surface area (Å²) in [4.78, 5) is 10.7. The lowest BCUT2D eigenvalue weighted by Gasteiger charge is -2.18. The standard InChI is InChI=1S/C18H19FO3.C2H6/c19-16-11-9-15(10-12-16)17(7-4-8-18(20)21)22-13-14-5-2-1-3-6-14;1-2/h1-3,5-6,9-12,17H,4,7-8,13H2,(H,20,21);1-2H3. The number of ether oxygens (including phenoxy) is 1. The molecule has 0 aliphatic carbocycles. The predicted octanol–water partition coefficient (Wildman–Crippen LogP) is 5.36. The molecule has 3 nitrogen and oxygen atoms in total. The Bertz CT molecular complexity index is 582. The van der Waals surface area contributed by atoms with E-state index in [2.05, 4.69) is 0 Å². The van der Waals surface area contributed by atoms with Gasteiger partial charge in [-0.25, -0.2) is 4.39 Å². The van der Waals surface area contributed by atoms with E-state index >= 15 is 0 Å². The third-order valence-corrected chi connectivity index (χ3v) is 3.39. The molecule has 0 heterocycles. The molecule has 0 radical (unpaired) electrons. The molecular formula is C20H25FO3. The van der Waals surface area contributed by atoms with Crippen molar-refractivity contribution in [2.45, 2.75) is 45.8 Å². The van der Waals surface area contributed by atoms with E-state index < -0.39 is 5.97 Å². The lowest BCUT2D eigenvalue weighted by molar-refractivity contribution is -0.137. The van der Waals surface area contributed by atoms with Crippen LogP contribution in [0.15, 0.2) is 54.6 Å². The predicted molar refractivity (Wildman–Crippen MR) is 93.2 cm³/mol. The first-order chi connectivity index (χ1) is 11.6. The lowest BCUT2D eigenvalue weighted by atomic mass is 10.0. The molecule has 0 bridgehead atoms. The second-order valence-corrected chi connectivity index (χ2v) is 5.12. The van der Waals surface area contributed by atoms with Crippen LogP contribution in [0, 0.1) is 5.82 Å². The number of aliphatic carboxylic acids is 1. The van der Waals surface area contributed by atoms with Crippen LogP contribution >= 0.6 is 0 Å². The molecule has 4 heteroatoms. The second-order valence-electron chi connectivity index (χ2n) is 5.12. The van der Waals surface area contributed by atoms with Crippen LogP contribution in [-0.4, -0.2) is 11.1 Å². The molecule has 1 N–H and O–H groups in total. The monoisotopic (exact) mass is 332 g/mol. The Morgan fingerprint density at radius 3 is 2.29 bits per heavy atom. The Morgan fingerprint density at radius 2 is 1.71 bits per heavy atom. The normalized spacial score (nSPS) is 11.3. The van der Waals surface area contributed by atoms with Crippen LogP contribution in [0.5, 0.6) is 0 Å². The van der Waals surface area contributed by atoms with Crippen molar-refractivity contribution in [3.63, 3.8) is 0 Å². The number of carboxylic acid groups (broad SMARTS) is 1. The van der Waals surface area contributed by atoms with Gasteiger partial charge in [0.25, 0.3) is 0 Å². The van der Waals surface area contributed by atoms with E-state index in [4.69, 9.17) is 9.84 Å². The molecule has 0 amide bonds. The highest BCUT2D eigenvalue weighted by Gasteiger charge is 2.13. The molecule has 2 rings (SSSR count). The zero-order valence-electron chi connectivity index (χ0n) is 14.2. The maximum absolute atomic E-state index is 13.0. The first-order valence-corrected chi connectivity index (χ1v) is 8.28. The van der Waals surface area contributed by atoms with Gasteiger partial charge in [-0.3, -0.25) is 4.79 Å². The van der Waals surface area contributed by atoms with Gasteiger partial charge < -0.3 is 9.84 Å². The number of benzene rings is 2. The van der Waals surface area contributed by atoms with Crippen molar-refractivity contribution in [1.82, 2.24) is 0 Å². The van der Waals surface area contributed by atoms with E-state index in [-0.39, 0.29) is 18.3 Å². The maximum atomic E-state index is 13.0. The van der Waals surface area contributed by atoms with E-state index in [0.717, 1.165) is 11.1 Å². The van der Waals surface area contributed by atoms with Crippen LogP contribution in [0.25, 0.3) is 0 Å². The lowest BCUT2D eigenvalue weighted by Crippen LogP contribution is -2.06. The van der Waals surface area contributed by atoms with Crippen LogP contribution in [-0.2, 0) is 16.1 Å². The number of rotatable bonds is 8. The summed E-state index contributed by atoms with van der Waals surface area (Å²) in [5, 5.41) is 8.75. The van der Waals surface area contributed by atoms with E-state index in [1.54, 1.807) is 12.1 Å². The molecule has 1 unspecified atom stereocenters. The van der Waals surface area contributed by atoms with Crippen molar-refractivity contribution in [2.24, 2.45) is 0 Å². The van der Waals surface area contributed by atoms with Crippen LogP contribution < -0.4 is 0 Å². The van der Waals surface area contributed by atoms with Crippen molar-refractivity contribution in [1.29, 1.82) is 0 Å². The number of hydrogen-bond acceptors (Lipinski definition) is 2. The SMILES string of the molecule is CC.O=C(O)CCCC(OCc1ccccc1)c1ccc(F)cc1. The maximum Gasteiger partial charge on any atom is 0.303 e. The quantitative estimate of drug-likeness (QED) is 0.707. The van der Waals surface area contributed by atoms with Crippen LogP contribution in [0.4, 0.5) is 4.39 Å². The summed E-state index contributed by atoms with van der Waals surface area (Å²) >= 11 is 0. The van der Waals surface area contributed by atoms with Gasteiger partial charge in [0.05, 0.1) is 12.7 Å².